The van der Waals surface area contributed by atoms with Crippen molar-refractivity contribution >= 4 is 0 Å². The Hall–Kier alpha value is -0.120. The third-order valence-electron chi connectivity index (χ3n) is 2.49. The first-order valence-electron chi connectivity index (χ1n) is 3.65. The molecule has 1 fully saturated rings. The molecule has 0 aliphatic heterocycles. The van der Waals surface area contributed by atoms with Gasteiger partial charge in [-0.1, -0.05) is 6.42 Å². The van der Waals surface area contributed by atoms with E-state index in [1.165, 1.54) is 0 Å². The van der Waals surface area contributed by atoms with Gasteiger partial charge in [0.05, 0.1) is 19.3 Å². The molecule has 0 aromatic heterocycles. The standard InChI is InChI=1S/C7H14O3/c8-4-7(5-9)3-1-2-6(7)10/h6,8-10H,1-5H2. The molecule has 0 aromatic rings. The summed E-state index contributed by atoms with van der Waals surface area (Å²) in [5.41, 5.74) is -0.597. The molecule has 0 heterocycles. The van der Waals surface area contributed by atoms with Crippen LogP contribution in [-0.2, 0) is 0 Å². The van der Waals surface area contributed by atoms with E-state index in [0.29, 0.717) is 6.42 Å². The minimum atomic E-state index is -0.597. The van der Waals surface area contributed by atoms with E-state index >= 15 is 0 Å². The lowest BCUT2D eigenvalue weighted by Gasteiger charge is -2.27. The third kappa shape index (κ3) is 1.05. The summed E-state index contributed by atoms with van der Waals surface area (Å²) < 4.78 is 0. The number of hydrogen-bond donors (Lipinski definition) is 3. The molecule has 1 saturated carbocycles. The second-order valence-corrected chi connectivity index (χ2v) is 3.09. The summed E-state index contributed by atoms with van der Waals surface area (Å²) in [4.78, 5) is 0. The van der Waals surface area contributed by atoms with E-state index in [-0.39, 0.29) is 13.2 Å². The van der Waals surface area contributed by atoms with Crippen LogP contribution in [0.4, 0.5) is 0 Å². The molecule has 0 aromatic carbocycles. The molecule has 1 unspecified atom stereocenters. The Bertz CT molecular complexity index is 109. The molecule has 0 radical (unpaired) electrons. The van der Waals surface area contributed by atoms with Crippen molar-refractivity contribution < 1.29 is 15.3 Å². The van der Waals surface area contributed by atoms with Crippen LogP contribution in [-0.4, -0.2) is 34.6 Å². The summed E-state index contributed by atoms with van der Waals surface area (Å²) in [7, 11) is 0. The topological polar surface area (TPSA) is 60.7 Å². The van der Waals surface area contributed by atoms with Crippen molar-refractivity contribution in [1.29, 1.82) is 0 Å². The molecule has 1 atom stereocenters. The highest BCUT2D eigenvalue weighted by molar-refractivity contribution is 4.90. The van der Waals surface area contributed by atoms with Crippen molar-refractivity contribution in [2.24, 2.45) is 5.41 Å². The Morgan fingerprint density at radius 2 is 1.90 bits per heavy atom. The van der Waals surface area contributed by atoms with Gasteiger partial charge in [-0.3, -0.25) is 0 Å². The number of aliphatic hydroxyl groups is 3. The zero-order valence-corrected chi connectivity index (χ0v) is 5.95. The molecule has 0 amide bonds. The van der Waals surface area contributed by atoms with E-state index in [9.17, 15) is 5.11 Å². The molecule has 3 nitrogen and oxygen atoms in total. The predicted octanol–water partition coefficient (Wildman–Crippen LogP) is -0.498. The first-order chi connectivity index (χ1) is 4.75. The van der Waals surface area contributed by atoms with Gasteiger partial charge >= 0.3 is 0 Å². The van der Waals surface area contributed by atoms with Crippen molar-refractivity contribution in [3.8, 4) is 0 Å². The second-order valence-electron chi connectivity index (χ2n) is 3.09. The smallest absolute Gasteiger partial charge is 0.0640 e. The molecular formula is C7H14O3. The predicted molar refractivity (Wildman–Crippen MR) is 36.5 cm³/mol. The number of aliphatic hydroxyl groups excluding tert-OH is 3. The largest absolute Gasteiger partial charge is 0.396 e. The van der Waals surface area contributed by atoms with Gasteiger partial charge in [0.15, 0.2) is 0 Å². The maximum atomic E-state index is 9.32. The average Bonchev–Trinajstić information content (AvgIpc) is 2.32. The van der Waals surface area contributed by atoms with Crippen molar-refractivity contribution in [3.05, 3.63) is 0 Å². The van der Waals surface area contributed by atoms with Crippen molar-refractivity contribution in [2.75, 3.05) is 13.2 Å². The zero-order chi connectivity index (χ0) is 7.61. The highest BCUT2D eigenvalue weighted by atomic mass is 16.3. The molecule has 0 saturated heterocycles. The third-order valence-corrected chi connectivity index (χ3v) is 2.49. The SMILES string of the molecule is OCC1(CO)CCCC1O. The van der Waals surface area contributed by atoms with Gasteiger partial charge in [0.1, 0.15) is 0 Å². The zero-order valence-electron chi connectivity index (χ0n) is 5.95. The Labute approximate surface area is 60.3 Å². The molecule has 1 rings (SSSR count). The van der Waals surface area contributed by atoms with Crippen LogP contribution in [0.5, 0.6) is 0 Å². The molecule has 3 heteroatoms. The van der Waals surface area contributed by atoms with Gasteiger partial charge in [-0.25, -0.2) is 0 Å². The van der Waals surface area contributed by atoms with Crippen molar-refractivity contribution in [2.45, 2.75) is 25.4 Å². The quantitative estimate of drug-likeness (QED) is 0.492. The average molecular weight is 146 g/mol. The normalized spacial score (nSPS) is 30.9. The Morgan fingerprint density at radius 1 is 1.30 bits per heavy atom. The van der Waals surface area contributed by atoms with Crippen LogP contribution in [0.25, 0.3) is 0 Å². The van der Waals surface area contributed by atoms with Gasteiger partial charge in [-0.15, -0.1) is 0 Å². The Morgan fingerprint density at radius 3 is 2.10 bits per heavy atom. The van der Waals surface area contributed by atoms with Crippen LogP contribution in [0.1, 0.15) is 19.3 Å². The molecule has 3 N–H and O–H groups in total. The van der Waals surface area contributed by atoms with Crippen LogP contribution in [0.2, 0.25) is 0 Å². The van der Waals surface area contributed by atoms with Crippen LogP contribution < -0.4 is 0 Å². The van der Waals surface area contributed by atoms with Crippen molar-refractivity contribution in [1.82, 2.24) is 0 Å². The lowest BCUT2D eigenvalue weighted by Crippen LogP contribution is -2.37. The van der Waals surface area contributed by atoms with Crippen molar-refractivity contribution in [3.63, 3.8) is 0 Å². The Kier molecular flexibility index (Phi) is 2.28. The summed E-state index contributed by atoms with van der Waals surface area (Å²) in [6.45, 7) is -0.213. The van der Waals surface area contributed by atoms with E-state index in [2.05, 4.69) is 0 Å². The summed E-state index contributed by atoms with van der Waals surface area (Å²) >= 11 is 0. The van der Waals surface area contributed by atoms with Gasteiger partial charge in [0, 0.05) is 5.41 Å². The lowest BCUT2D eigenvalue weighted by molar-refractivity contribution is -0.0313. The summed E-state index contributed by atoms with van der Waals surface area (Å²) in [5, 5.41) is 27.1. The minimum absolute atomic E-state index is 0.106. The first kappa shape index (κ1) is 7.98. The first-order valence-corrected chi connectivity index (χ1v) is 3.65. The summed E-state index contributed by atoms with van der Waals surface area (Å²) in [5.74, 6) is 0. The van der Waals surface area contributed by atoms with Crippen LogP contribution in [0, 0.1) is 5.41 Å². The second kappa shape index (κ2) is 2.86. The van der Waals surface area contributed by atoms with Crippen LogP contribution in [0.15, 0.2) is 0 Å². The fraction of sp³-hybridized carbons (Fsp3) is 1.00. The molecule has 1 aliphatic carbocycles. The summed E-state index contributed by atoms with van der Waals surface area (Å²) in [6, 6.07) is 0. The fourth-order valence-electron chi connectivity index (χ4n) is 1.54. The van der Waals surface area contributed by atoms with E-state index in [1.54, 1.807) is 0 Å². The maximum Gasteiger partial charge on any atom is 0.0640 e. The fourth-order valence-corrected chi connectivity index (χ4v) is 1.54. The van der Waals surface area contributed by atoms with Gasteiger partial charge in [-0.05, 0) is 12.8 Å². The monoisotopic (exact) mass is 146 g/mol. The van der Waals surface area contributed by atoms with E-state index in [4.69, 9.17) is 10.2 Å². The number of hydrogen-bond acceptors (Lipinski definition) is 3. The van der Waals surface area contributed by atoms with Gasteiger partial charge in [0.2, 0.25) is 0 Å². The lowest BCUT2D eigenvalue weighted by atomic mass is 9.86. The molecular weight excluding hydrogens is 132 g/mol. The van der Waals surface area contributed by atoms with E-state index < -0.39 is 11.5 Å². The van der Waals surface area contributed by atoms with Crippen LogP contribution in [0.3, 0.4) is 0 Å². The molecule has 10 heavy (non-hydrogen) atoms. The summed E-state index contributed by atoms with van der Waals surface area (Å²) in [6.07, 6.45) is 1.84. The van der Waals surface area contributed by atoms with Gasteiger partial charge < -0.3 is 15.3 Å². The Balaban J connectivity index is 2.61. The molecule has 1 aliphatic rings. The maximum absolute atomic E-state index is 9.32. The van der Waals surface area contributed by atoms with E-state index in [0.717, 1.165) is 12.8 Å². The molecule has 0 spiro atoms. The number of rotatable bonds is 2. The molecule has 0 bridgehead atoms. The highest BCUT2D eigenvalue weighted by Crippen LogP contribution is 2.37. The van der Waals surface area contributed by atoms with E-state index in [1.807, 2.05) is 0 Å². The minimum Gasteiger partial charge on any atom is -0.396 e. The van der Waals surface area contributed by atoms with Gasteiger partial charge in [-0.2, -0.15) is 0 Å². The van der Waals surface area contributed by atoms with Gasteiger partial charge in [0.25, 0.3) is 0 Å². The van der Waals surface area contributed by atoms with Crippen LogP contribution >= 0.6 is 0 Å². The molecule has 60 valence electrons. The highest BCUT2D eigenvalue weighted by Gasteiger charge is 2.40.